The van der Waals surface area contributed by atoms with Gasteiger partial charge in [-0.1, -0.05) is 0 Å². The van der Waals surface area contributed by atoms with Crippen LogP contribution in [0.3, 0.4) is 0 Å². The second kappa shape index (κ2) is 17.8. The molecule has 2 atom stereocenters. The maximum atomic E-state index is 2.93. The van der Waals surface area contributed by atoms with E-state index in [2.05, 4.69) is 163 Å². The van der Waals surface area contributed by atoms with Gasteiger partial charge in [-0.3, -0.25) is 0 Å². The number of rotatable bonds is 10. The number of hydrogen-bond donors (Lipinski definition) is 0. The van der Waals surface area contributed by atoms with Gasteiger partial charge in [0.25, 0.3) is 0 Å². The zero-order valence-corrected chi connectivity index (χ0v) is 43.3. The molecule has 0 spiro atoms. The third-order valence-corrected chi connectivity index (χ3v) is 34.3. The van der Waals surface area contributed by atoms with Crippen molar-refractivity contribution in [3.63, 3.8) is 0 Å². The Hall–Kier alpha value is -3.00. The summed E-state index contributed by atoms with van der Waals surface area (Å²) in [6.07, 6.45) is 24.6. The van der Waals surface area contributed by atoms with E-state index in [0.717, 1.165) is 0 Å². The number of allylic oxidation sites excluding steroid dienone is 2. The molecule has 6 aromatic carbocycles. The molecular formula is C58H68Cl2SiZr. The van der Waals surface area contributed by atoms with E-state index in [1.165, 1.54) is 145 Å². The minimum atomic E-state index is -4.03. The summed E-state index contributed by atoms with van der Waals surface area (Å²) < 4.78 is 6.86. The molecule has 0 bridgehead atoms. The molecule has 4 aliphatic rings. The quantitative estimate of drug-likeness (QED) is 0.120. The maximum Gasteiger partial charge on any atom is -0.147 e. The summed E-state index contributed by atoms with van der Waals surface area (Å²) in [5, 5.41) is 5.40. The summed E-state index contributed by atoms with van der Waals surface area (Å²) in [5.41, 5.74) is 16.4. The van der Waals surface area contributed by atoms with Gasteiger partial charge in [-0.05, 0) is 0 Å². The van der Waals surface area contributed by atoms with E-state index in [1.807, 2.05) is 0 Å². The number of benzene rings is 6. The Labute approximate surface area is 387 Å². The van der Waals surface area contributed by atoms with Gasteiger partial charge >= 0.3 is 366 Å². The van der Waals surface area contributed by atoms with Crippen LogP contribution in [0.4, 0.5) is 0 Å². The molecular weight excluding hydrogens is 887 g/mol. The van der Waals surface area contributed by atoms with Crippen molar-refractivity contribution < 1.29 is 17.4 Å². The van der Waals surface area contributed by atoms with Crippen LogP contribution in [0.25, 0.3) is 56.0 Å². The SMILES string of the molecule is CCC1(CC2=Cc3c(-c4cccc5ccccc45)cccc3[CH]2[Zr]([CH3])([CH3])(=[SiH2])[CH]2C(CC3(CC)CCCCC3)=Cc3c(-c4cccc5ccccc45)cccc32)CCCCC1.Cl.Cl. The Morgan fingerprint density at radius 1 is 0.468 bits per heavy atom. The first-order valence-corrected chi connectivity index (χ1v) is 37.5. The predicted octanol–water partition coefficient (Wildman–Crippen LogP) is 17.6. The van der Waals surface area contributed by atoms with E-state index >= 15 is 0 Å². The molecule has 62 heavy (non-hydrogen) atoms. The maximum absolute atomic E-state index is 4.03. The van der Waals surface area contributed by atoms with Gasteiger partial charge in [0.15, 0.2) is 0 Å². The Bertz CT molecular complexity index is 2560. The van der Waals surface area contributed by atoms with Crippen molar-refractivity contribution in [2.24, 2.45) is 10.8 Å². The van der Waals surface area contributed by atoms with Gasteiger partial charge in [0, 0.05) is 0 Å². The van der Waals surface area contributed by atoms with Crippen LogP contribution in [0.1, 0.15) is 133 Å². The zero-order chi connectivity index (χ0) is 41.1. The second-order valence-corrected chi connectivity index (χ2v) is 51.6. The van der Waals surface area contributed by atoms with Gasteiger partial charge in [-0.25, -0.2) is 0 Å². The van der Waals surface area contributed by atoms with E-state index < -0.39 is 17.4 Å². The third kappa shape index (κ3) is 7.84. The fraction of sp³-hybridized carbons (Fsp3) is 0.379. The molecule has 2 saturated carbocycles. The van der Waals surface area contributed by atoms with Crippen LogP contribution in [0.15, 0.2) is 132 Å². The first-order valence-electron chi connectivity index (χ1n) is 23.8. The largest absolute Gasteiger partial charge is 0.147 e. The van der Waals surface area contributed by atoms with Gasteiger partial charge in [-0.2, -0.15) is 0 Å². The summed E-state index contributed by atoms with van der Waals surface area (Å²) in [6.45, 7) is 7.61. The fourth-order valence-electron chi connectivity index (χ4n) is 13.8. The average molecular weight is 955 g/mol. The summed E-state index contributed by atoms with van der Waals surface area (Å²) in [4.78, 5) is 0. The molecule has 0 aromatic heterocycles. The van der Waals surface area contributed by atoms with Crippen molar-refractivity contribution in [1.29, 1.82) is 0 Å². The van der Waals surface area contributed by atoms with Crippen molar-refractivity contribution in [2.45, 2.75) is 120 Å². The van der Waals surface area contributed by atoms with Crippen LogP contribution >= 0.6 is 24.8 Å². The van der Waals surface area contributed by atoms with Crippen LogP contribution in [0.2, 0.25) is 9.26 Å². The van der Waals surface area contributed by atoms with E-state index in [1.54, 1.807) is 22.3 Å². The molecule has 4 heteroatoms. The van der Waals surface area contributed by atoms with Crippen LogP contribution in [0.5, 0.6) is 0 Å². The normalized spacial score (nSPS) is 20.4. The minimum Gasteiger partial charge on any atom is -0.147 e. The minimum absolute atomic E-state index is 0. The van der Waals surface area contributed by atoms with Gasteiger partial charge in [-0.15, -0.1) is 24.8 Å². The number of fused-ring (bicyclic) bond motifs is 4. The molecule has 0 nitrogen and oxygen atoms in total. The summed E-state index contributed by atoms with van der Waals surface area (Å²) >= 11 is -4.03. The first-order chi connectivity index (χ1) is 29.1. The van der Waals surface area contributed by atoms with E-state index in [9.17, 15) is 0 Å². The van der Waals surface area contributed by atoms with Crippen LogP contribution in [0, 0.1) is 10.8 Å². The molecule has 10 rings (SSSR count). The summed E-state index contributed by atoms with van der Waals surface area (Å²) in [6, 6.07) is 46.9. The fourth-order valence-corrected chi connectivity index (χ4v) is 33.5. The standard InChI is InChI=1S/2C28H29.2CH3.2ClH.H2Si.Zr/c2*1-2-28(16-6-3-7-17-28)20-21-18-23-12-9-15-26(27(23)19-21)25-14-8-11-22-10-4-5-13-24(22)25;;;;;;/h2*4-5,8-15,18-19H,2-3,6-7,16-17,20H2,1H3;2*1H3;2*1H;1H2;. The van der Waals surface area contributed by atoms with Gasteiger partial charge < -0.3 is 0 Å². The molecule has 0 saturated heterocycles. The van der Waals surface area contributed by atoms with Crippen LogP contribution in [-0.2, 0) is 17.4 Å². The first kappa shape index (κ1) is 45.6. The van der Waals surface area contributed by atoms with Crippen molar-refractivity contribution in [1.82, 2.24) is 0 Å². The Morgan fingerprint density at radius 2 is 0.823 bits per heavy atom. The van der Waals surface area contributed by atoms with E-state index in [0.29, 0.717) is 18.1 Å². The molecule has 6 aromatic rings. The van der Waals surface area contributed by atoms with Crippen molar-refractivity contribution >= 4 is 65.4 Å². The summed E-state index contributed by atoms with van der Waals surface area (Å²) in [5.74, 6) is 0. The van der Waals surface area contributed by atoms with Crippen molar-refractivity contribution in [2.75, 3.05) is 0 Å². The Morgan fingerprint density at radius 3 is 1.23 bits per heavy atom. The molecule has 0 radical (unpaired) electrons. The molecule has 0 aliphatic heterocycles. The van der Waals surface area contributed by atoms with E-state index in [4.69, 9.17) is 0 Å². The summed E-state index contributed by atoms with van der Waals surface area (Å²) in [7, 11) is 0. The predicted molar refractivity (Wildman–Crippen MR) is 276 cm³/mol. The van der Waals surface area contributed by atoms with Crippen molar-refractivity contribution in [3.05, 3.63) is 155 Å². The number of halogens is 2. The number of hydrogen-bond acceptors (Lipinski definition) is 0. The molecule has 0 amide bonds. The van der Waals surface area contributed by atoms with Gasteiger partial charge in [0.2, 0.25) is 0 Å². The average Bonchev–Trinajstić information content (AvgIpc) is 3.86. The van der Waals surface area contributed by atoms with E-state index in [-0.39, 0.29) is 24.8 Å². The van der Waals surface area contributed by atoms with Gasteiger partial charge in [0.1, 0.15) is 0 Å². The second-order valence-electron chi connectivity index (χ2n) is 21.1. The molecule has 0 N–H and O–H groups in total. The molecule has 2 fully saturated rings. The van der Waals surface area contributed by atoms with Gasteiger partial charge in [0.05, 0.1) is 0 Å². The monoisotopic (exact) mass is 952 g/mol. The van der Waals surface area contributed by atoms with Crippen LogP contribution < -0.4 is 0 Å². The molecule has 322 valence electrons. The van der Waals surface area contributed by atoms with Crippen molar-refractivity contribution in [3.8, 4) is 22.3 Å². The Balaban J connectivity index is 0.00000264. The topological polar surface area (TPSA) is 0 Å². The molecule has 0 heterocycles. The third-order valence-electron chi connectivity index (χ3n) is 16.8. The van der Waals surface area contributed by atoms with Crippen LogP contribution in [-0.4, -0.2) is 6.88 Å². The smallest absolute Gasteiger partial charge is 0.147 e. The molecule has 4 aliphatic carbocycles. The zero-order valence-electron chi connectivity index (χ0n) is 37.8. The molecule has 2 unspecified atom stereocenters. The Kier molecular flexibility index (Phi) is 13.1.